The molecule has 10 heteroatoms. The number of amides is 1. The lowest BCUT2D eigenvalue weighted by Crippen LogP contribution is -2.34. The van der Waals surface area contributed by atoms with Crippen LogP contribution < -0.4 is 5.32 Å². The van der Waals surface area contributed by atoms with Gasteiger partial charge < -0.3 is 5.32 Å². The van der Waals surface area contributed by atoms with Gasteiger partial charge in [0.25, 0.3) is 0 Å². The van der Waals surface area contributed by atoms with Crippen LogP contribution in [0.2, 0.25) is 10.0 Å². The molecule has 1 amide bonds. The van der Waals surface area contributed by atoms with Crippen molar-refractivity contribution in [3.05, 3.63) is 45.2 Å². The van der Waals surface area contributed by atoms with Gasteiger partial charge in [-0.05, 0) is 52.1 Å². The molecule has 1 aromatic heterocycles. The number of benzene rings is 1. The summed E-state index contributed by atoms with van der Waals surface area (Å²) in [4.78, 5) is 13.4. The van der Waals surface area contributed by atoms with Crippen LogP contribution in [0.3, 0.4) is 0 Å². The smallest absolute Gasteiger partial charge is 0.356 e. The molecular formula is C19H23Cl2F3N4O. The third-order valence-corrected chi connectivity index (χ3v) is 4.94. The van der Waals surface area contributed by atoms with Crippen molar-refractivity contribution in [3.8, 4) is 5.69 Å². The van der Waals surface area contributed by atoms with E-state index in [0.29, 0.717) is 34.4 Å². The maximum absolute atomic E-state index is 12.3. The van der Waals surface area contributed by atoms with Gasteiger partial charge in [-0.2, -0.15) is 18.3 Å². The first-order valence-corrected chi connectivity index (χ1v) is 9.76. The molecule has 0 atom stereocenters. The number of hydrogen-bond donors (Lipinski definition) is 1. The number of aromatic nitrogens is 2. The van der Waals surface area contributed by atoms with Crippen LogP contribution in [-0.4, -0.2) is 53.4 Å². The van der Waals surface area contributed by atoms with E-state index in [0.717, 1.165) is 11.3 Å². The maximum atomic E-state index is 12.3. The van der Waals surface area contributed by atoms with Gasteiger partial charge in [0.15, 0.2) is 0 Å². The Bertz CT molecular complexity index is 868. The molecule has 0 saturated carbocycles. The minimum Gasteiger partial charge on any atom is -0.356 e. The van der Waals surface area contributed by atoms with Gasteiger partial charge in [-0.1, -0.05) is 23.2 Å². The lowest BCUT2D eigenvalue weighted by molar-refractivity contribution is -0.143. The number of hydrogen-bond acceptors (Lipinski definition) is 3. The minimum atomic E-state index is -4.22. The van der Waals surface area contributed by atoms with Gasteiger partial charge >= 0.3 is 6.18 Å². The zero-order chi connectivity index (χ0) is 21.8. The van der Waals surface area contributed by atoms with Crippen molar-refractivity contribution in [1.29, 1.82) is 0 Å². The molecule has 0 bridgehead atoms. The number of rotatable bonds is 8. The molecule has 2 aromatic rings. The van der Waals surface area contributed by atoms with E-state index in [1.807, 2.05) is 13.8 Å². The Labute approximate surface area is 177 Å². The average Bonchev–Trinajstić information content (AvgIpc) is 2.85. The molecule has 29 heavy (non-hydrogen) atoms. The lowest BCUT2D eigenvalue weighted by atomic mass is 10.1. The van der Waals surface area contributed by atoms with E-state index in [1.54, 1.807) is 22.9 Å². The Morgan fingerprint density at radius 3 is 2.59 bits per heavy atom. The molecule has 0 aliphatic carbocycles. The molecule has 0 aliphatic rings. The standard InChI is InChI=1S/C19H23Cl2F3N4O/c1-12-15(10-18(29)25-7-4-8-27(3)11-19(22,23)24)13(2)28(26-12)17-6-5-14(20)9-16(17)21/h5-6,9H,4,7-8,10-11H2,1-3H3,(H,25,29). The van der Waals surface area contributed by atoms with E-state index in [4.69, 9.17) is 23.2 Å². The second-order valence-corrected chi connectivity index (χ2v) is 7.73. The van der Waals surface area contributed by atoms with E-state index in [-0.39, 0.29) is 18.9 Å². The number of nitrogens with one attached hydrogen (secondary N) is 1. The van der Waals surface area contributed by atoms with Crippen molar-refractivity contribution in [2.75, 3.05) is 26.7 Å². The average molecular weight is 451 g/mol. The Morgan fingerprint density at radius 2 is 1.97 bits per heavy atom. The van der Waals surface area contributed by atoms with Crippen molar-refractivity contribution >= 4 is 29.1 Å². The molecule has 0 saturated heterocycles. The fraction of sp³-hybridized carbons (Fsp3) is 0.474. The predicted molar refractivity (Wildman–Crippen MR) is 108 cm³/mol. The van der Waals surface area contributed by atoms with E-state index in [9.17, 15) is 18.0 Å². The van der Waals surface area contributed by atoms with Gasteiger partial charge in [-0.15, -0.1) is 0 Å². The SMILES string of the molecule is Cc1nn(-c2ccc(Cl)cc2Cl)c(C)c1CC(=O)NCCCN(C)CC(F)(F)F. The van der Waals surface area contributed by atoms with Gasteiger partial charge in [-0.25, -0.2) is 4.68 Å². The van der Waals surface area contributed by atoms with Gasteiger partial charge in [0, 0.05) is 22.8 Å². The summed E-state index contributed by atoms with van der Waals surface area (Å²) in [5, 5.41) is 8.18. The number of carbonyl (C=O) groups excluding carboxylic acids is 1. The highest BCUT2D eigenvalue weighted by molar-refractivity contribution is 6.35. The van der Waals surface area contributed by atoms with Crippen LogP contribution in [0.4, 0.5) is 13.2 Å². The highest BCUT2D eigenvalue weighted by Gasteiger charge is 2.28. The predicted octanol–water partition coefficient (Wildman–Crippen LogP) is 4.34. The van der Waals surface area contributed by atoms with Gasteiger partial charge in [0.05, 0.1) is 29.4 Å². The summed E-state index contributed by atoms with van der Waals surface area (Å²) >= 11 is 12.2. The Kier molecular flexibility index (Phi) is 7.96. The number of carbonyl (C=O) groups is 1. The van der Waals surface area contributed by atoms with Crippen molar-refractivity contribution < 1.29 is 18.0 Å². The summed E-state index contributed by atoms with van der Waals surface area (Å²) in [5.74, 6) is -0.212. The first-order chi connectivity index (χ1) is 13.5. The van der Waals surface area contributed by atoms with Crippen LogP contribution in [0.25, 0.3) is 5.69 Å². The Hall–Kier alpha value is -1.77. The third-order valence-electron chi connectivity index (χ3n) is 4.40. The van der Waals surface area contributed by atoms with Crippen LogP contribution in [0, 0.1) is 13.8 Å². The topological polar surface area (TPSA) is 50.2 Å². The van der Waals surface area contributed by atoms with Crippen molar-refractivity contribution in [2.45, 2.75) is 32.9 Å². The van der Waals surface area contributed by atoms with Crippen LogP contribution in [0.5, 0.6) is 0 Å². The van der Waals surface area contributed by atoms with Gasteiger partial charge in [0.2, 0.25) is 5.91 Å². The van der Waals surface area contributed by atoms with Crippen LogP contribution in [0.1, 0.15) is 23.4 Å². The Balaban J connectivity index is 1.93. The lowest BCUT2D eigenvalue weighted by Gasteiger charge is -2.18. The number of nitrogens with zero attached hydrogens (tertiary/aromatic N) is 3. The molecule has 0 spiro atoms. The molecule has 0 fully saturated rings. The van der Waals surface area contributed by atoms with E-state index < -0.39 is 12.7 Å². The quantitative estimate of drug-likeness (QED) is 0.608. The highest BCUT2D eigenvalue weighted by Crippen LogP contribution is 2.27. The molecule has 1 N–H and O–H groups in total. The van der Waals surface area contributed by atoms with Crippen molar-refractivity contribution in [2.24, 2.45) is 0 Å². The summed E-state index contributed by atoms with van der Waals surface area (Å²) in [6.45, 7) is 3.23. The summed E-state index contributed by atoms with van der Waals surface area (Å²) < 4.78 is 38.6. The minimum absolute atomic E-state index is 0.126. The second kappa shape index (κ2) is 9.82. The molecule has 0 unspecified atom stereocenters. The molecular weight excluding hydrogens is 428 g/mol. The largest absolute Gasteiger partial charge is 0.401 e. The Morgan fingerprint density at radius 1 is 1.28 bits per heavy atom. The monoisotopic (exact) mass is 450 g/mol. The molecule has 2 rings (SSSR count). The molecule has 1 heterocycles. The zero-order valence-corrected chi connectivity index (χ0v) is 17.9. The summed E-state index contributed by atoms with van der Waals surface area (Å²) in [6.07, 6.45) is -3.67. The maximum Gasteiger partial charge on any atom is 0.401 e. The number of halogens is 5. The molecule has 160 valence electrons. The zero-order valence-electron chi connectivity index (χ0n) is 16.4. The number of alkyl halides is 3. The summed E-state index contributed by atoms with van der Waals surface area (Å²) in [6, 6.07) is 5.09. The highest BCUT2D eigenvalue weighted by atomic mass is 35.5. The van der Waals surface area contributed by atoms with Crippen LogP contribution in [0.15, 0.2) is 18.2 Å². The summed E-state index contributed by atoms with van der Waals surface area (Å²) in [7, 11) is 1.40. The van der Waals surface area contributed by atoms with E-state index in [1.165, 1.54) is 11.9 Å². The molecule has 5 nitrogen and oxygen atoms in total. The molecule has 1 aromatic carbocycles. The fourth-order valence-corrected chi connectivity index (χ4v) is 3.49. The fourth-order valence-electron chi connectivity index (χ4n) is 3.00. The van der Waals surface area contributed by atoms with E-state index >= 15 is 0 Å². The molecule has 0 aliphatic heterocycles. The van der Waals surface area contributed by atoms with Crippen LogP contribution >= 0.6 is 23.2 Å². The molecule has 0 radical (unpaired) electrons. The normalized spacial score (nSPS) is 11.9. The second-order valence-electron chi connectivity index (χ2n) is 6.89. The first-order valence-electron chi connectivity index (χ1n) is 9.00. The van der Waals surface area contributed by atoms with E-state index in [2.05, 4.69) is 10.4 Å². The number of aryl methyl sites for hydroxylation is 1. The summed E-state index contributed by atoms with van der Waals surface area (Å²) in [5.41, 5.74) is 2.93. The van der Waals surface area contributed by atoms with Crippen molar-refractivity contribution in [1.82, 2.24) is 20.0 Å². The van der Waals surface area contributed by atoms with Gasteiger partial charge in [0.1, 0.15) is 0 Å². The van der Waals surface area contributed by atoms with Gasteiger partial charge in [-0.3, -0.25) is 9.69 Å². The van der Waals surface area contributed by atoms with Crippen LogP contribution in [-0.2, 0) is 11.2 Å². The third kappa shape index (κ3) is 6.90. The first kappa shape index (κ1) is 23.5. The van der Waals surface area contributed by atoms with Crippen molar-refractivity contribution in [3.63, 3.8) is 0 Å².